The van der Waals surface area contributed by atoms with Crippen molar-refractivity contribution in [3.63, 3.8) is 0 Å². The van der Waals surface area contributed by atoms with E-state index in [0.717, 1.165) is 0 Å². The molecule has 0 aromatic carbocycles. The van der Waals surface area contributed by atoms with Crippen LogP contribution in [0.4, 0.5) is 0 Å². The molecule has 20 heteroatoms. The summed E-state index contributed by atoms with van der Waals surface area (Å²) in [5, 5.41) is 40.4. The van der Waals surface area contributed by atoms with Gasteiger partial charge in [0.2, 0.25) is 0 Å². The average Bonchev–Trinajstić information content (AvgIpc) is 2.95. The smallest absolute Gasteiger partial charge is 0.337 e. The topological polar surface area (TPSA) is 144 Å². The minimum Gasteiger partial charge on any atom is -0.456 e. The van der Waals surface area contributed by atoms with Crippen molar-refractivity contribution in [1.82, 2.24) is 5.32 Å². The minimum atomic E-state index is -1.62. The monoisotopic (exact) mass is 1030 g/mol. The van der Waals surface area contributed by atoms with Crippen LogP contribution in [0.5, 0.6) is 0 Å². The number of rotatable bonds is 10. The van der Waals surface area contributed by atoms with Crippen LogP contribution >= 0.6 is 74.6 Å². The van der Waals surface area contributed by atoms with E-state index >= 15 is 0 Å². The van der Waals surface area contributed by atoms with Gasteiger partial charge in [-0.2, -0.15) is 0 Å². The first-order chi connectivity index (χ1) is 20.7. The molecule has 3 aliphatic carbocycles. The Hall–Kier alpha value is 3.91. The summed E-state index contributed by atoms with van der Waals surface area (Å²) in [6.07, 6.45) is -4.37. The van der Waals surface area contributed by atoms with Crippen molar-refractivity contribution in [2.45, 2.75) is 102 Å². The summed E-state index contributed by atoms with van der Waals surface area (Å²) in [7, 11) is 14.5. The van der Waals surface area contributed by atoms with Crippen LogP contribution < -0.4 is 5.32 Å². The Morgan fingerprint density at radius 3 is 2.24 bits per heavy atom. The number of esters is 1. The van der Waals surface area contributed by atoms with Crippen LogP contribution in [0.3, 0.4) is 0 Å². The van der Waals surface area contributed by atoms with Crippen molar-refractivity contribution in [2.24, 2.45) is 22.7 Å². The third kappa shape index (κ3) is 7.46. The third-order valence-corrected chi connectivity index (χ3v) is 34.3. The van der Waals surface area contributed by atoms with Gasteiger partial charge in [-0.3, -0.25) is 4.79 Å². The normalized spacial score (nSPS) is 40.2. The Bertz CT molecular complexity index is 1200. The van der Waals surface area contributed by atoms with Gasteiger partial charge in [-0.05, 0) is 58.9 Å². The molecule has 0 amide bonds. The summed E-state index contributed by atoms with van der Waals surface area (Å²) < 4.78 is 24.6. The quantitative estimate of drug-likeness (QED) is 0.131. The number of carbonyl (C=O) groups excluding carboxylic acids is 2. The number of aliphatic hydroxyl groups excluding tert-OH is 1. The number of fused-ring (bicyclic) bond motifs is 5. The summed E-state index contributed by atoms with van der Waals surface area (Å²) in [6, 6.07) is -0.346. The molecule has 1 saturated heterocycles. The fourth-order valence-corrected chi connectivity index (χ4v) is 42.2. The van der Waals surface area contributed by atoms with E-state index in [4.69, 9.17) is 18.5 Å². The van der Waals surface area contributed by atoms with Gasteiger partial charge in [-0.1, -0.05) is 29.7 Å². The molecule has 1 heterocycles. The molecule has 3 fully saturated rings. The first-order valence-corrected chi connectivity index (χ1v) is 29.3. The van der Waals surface area contributed by atoms with Gasteiger partial charge in [0, 0.05) is 82.8 Å². The molecule has 2 bridgehead atoms. The molecule has 1 aliphatic heterocycles. The Balaban J connectivity index is 0.00000576. The molecule has 4 N–H and O–H groups in total. The molecule has 0 spiro atoms. The van der Waals surface area contributed by atoms with Crippen molar-refractivity contribution >= 4 is 86.4 Å². The third-order valence-electron chi connectivity index (χ3n) is 11.0. The second-order valence-electron chi connectivity index (χ2n) is 13.5. The van der Waals surface area contributed by atoms with Crippen LogP contribution in [-0.2, 0) is 28.1 Å². The molecule has 46 heavy (non-hydrogen) atoms. The maximum atomic E-state index is 14.9. The zero-order valence-electron chi connectivity index (χ0n) is 27.3. The van der Waals surface area contributed by atoms with Crippen LogP contribution in [0.1, 0.15) is 54.4 Å². The van der Waals surface area contributed by atoms with Gasteiger partial charge in [0.05, 0.1) is 37.4 Å². The number of aliphatic hydroxyl groups is 3. The van der Waals surface area contributed by atoms with E-state index in [2.05, 4.69) is 50.0 Å². The first-order valence-electron chi connectivity index (χ1n) is 14.8. The number of Topliss-reactive ketones (excluding diaryl/α,β-unsaturated/α-hetero) is 1. The maximum absolute atomic E-state index is 14.9. The largest absolute Gasteiger partial charge is 0.456 e. The van der Waals surface area contributed by atoms with E-state index in [0.29, 0.717) is 17.6 Å². The van der Waals surface area contributed by atoms with Crippen molar-refractivity contribution < 1.29 is 87.5 Å². The average molecular weight is 1030 g/mol. The van der Waals surface area contributed by atoms with Crippen LogP contribution in [0.15, 0.2) is 11.1 Å². The van der Waals surface area contributed by atoms with E-state index in [1.807, 2.05) is 27.7 Å². The summed E-state index contributed by atoms with van der Waals surface area (Å²) in [6.45, 7) is 9.59. The van der Waals surface area contributed by atoms with Gasteiger partial charge in [0.1, 0.15) is 17.8 Å². The van der Waals surface area contributed by atoms with Crippen LogP contribution in [0.25, 0.3) is 0 Å². The fourth-order valence-electron chi connectivity index (χ4n) is 8.37. The minimum absolute atomic E-state index is 0. The molecule has 4 aliphatic rings. The number of ketones is 1. The predicted molar refractivity (Wildman–Crippen MR) is 203 cm³/mol. The molecular weight excluding hydrogens is 976 g/mol. The summed E-state index contributed by atoms with van der Waals surface area (Å²) in [5.74, 6) is -2.57. The van der Waals surface area contributed by atoms with Crippen molar-refractivity contribution in [3.05, 3.63) is 11.1 Å². The Kier molecular flexibility index (Phi) is 16.1. The van der Waals surface area contributed by atoms with E-state index in [1.165, 1.54) is 0 Å². The maximum Gasteiger partial charge on any atom is 0.337 e. The molecule has 15 unspecified atom stereocenters. The molecule has 261 valence electrons. The van der Waals surface area contributed by atoms with Gasteiger partial charge in [0.15, 0.2) is 11.9 Å². The van der Waals surface area contributed by atoms with Gasteiger partial charge in [-0.15, -0.1) is 35.7 Å². The van der Waals surface area contributed by atoms with Crippen LogP contribution in [0, 0.1) is 66.7 Å². The molecule has 10 nitrogen and oxygen atoms in total. The zero-order chi connectivity index (χ0) is 34.0. The molecule has 4 rings (SSSR count). The molecule has 17 atom stereocenters. The number of hydrogen-bond donors (Lipinski definition) is 4. The van der Waals surface area contributed by atoms with E-state index in [9.17, 15) is 24.9 Å². The molecule has 0 aromatic heterocycles. The Morgan fingerprint density at radius 1 is 1.17 bits per heavy atom. The van der Waals surface area contributed by atoms with Gasteiger partial charge >= 0.3 is 5.97 Å². The van der Waals surface area contributed by atoms with Crippen molar-refractivity contribution in [2.75, 3.05) is 13.7 Å². The predicted octanol–water partition coefficient (Wildman–Crippen LogP) is 5.22. The SMILES string of the molecule is CNC(C)C(OPP)C(=O)OC1CC2(O)[C@@H](C)C3C4(O)COC4CC(OP(P(P)P)P(P)P)[C@@]3(C)C(=O)C(O)C(=C1C)C2(C)C.[Ac]. The molecule has 1 radical (unpaired) electrons. The van der Waals surface area contributed by atoms with E-state index < -0.39 is 97.6 Å². The second-order valence-corrected chi connectivity index (χ2v) is 38.2. The zero-order valence-corrected chi connectivity index (χ0v) is 41.5. The van der Waals surface area contributed by atoms with Crippen LogP contribution in [-0.4, -0.2) is 88.5 Å². The number of carbonyl (C=O) groups is 2. The van der Waals surface area contributed by atoms with Crippen molar-refractivity contribution in [1.29, 1.82) is 0 Å². The van der Waals surface area contributed by atoms with Gasteiger partial charge in [0.25, 0.3) is 0 Å². The summed E-state index contributed by atoms with van der Waals surface area (Å²) >= 11 is 0. The molecule has 2 saturated carbocycles. The summed E-state index contributed by atoms with van der Waals surface area (Å²) in [4.78, 5) is 28.4. The molecule has 0 aromatic rings. The van der Waals surface area contributed by atoms with Crippen LogP contribution in [0.2, 0.25) is 0 Å². The number of ether oxygens (including phenoxy) is 2. The first kappa shape index (κ1) is 44.3. The van der Waals surface area contributed by atoms with E-state index in [-0.39, 0.29) is 71.6 Å². The standard InChI is InChI=1S/C26H50NO9P9.Ac/c1-11-14(34-22(30)19(35-42-37)13(3)27-7)9-26(32)12(2)20-24(6,21(29)18(28)17(11)23(26,4)5)15(8-16-25(20,31)10-33-16)36-43(44(38)39)45(40)41;/h12-16,18-20,27-28,31-32,42H,8-10,37-41H2,1-7H3;/t12-,13?,14?,15?,16?,18?,19?,20?,24+,25?,26?;/m0./s1. The Morgan fingerprint density at radius 2 is 1.76 bits per heavy atom. The number of hydrogen-bond acceptors (Lipinski definition) is 10. The fraction of sp³-hybridized carbons (Fsp3) is 0.846. The summed E-state index contributed by atoms with van der Waals surface area (Å²) in [5.41, 5.74) is -4.60. The number of nitrogens with one attached hydrogen (secondary N) is 1. The van der Waals surface area contributed by atoms with E-state index in [1.54, 1.807) is 20.9 Å². The van der Waals surface area contributed by atoms with Crippen molar-refractivity contribution in [3.8, 4) is 0 Å². The number of likely N-dealkylation sites (N-methyl/N-ethyl adjacent to an activating group) is 1. The molecular formula is C26H50AcNO9P9. The van der Waals surface area contributed by atoms with Gasteiger partial charge in [-0.25, -0.2) is 4.79 Å². The second kappa shape index (κ2) is 16.7. The van der Waals surface area contributed by atoms with Gasteiger partial charge < -0.3 is 39.2 Å². The Labute approximate surface area is 325 Å².